The van der Waals surface area contributed by atoms with Gasteiger partial charge >= 0.3 is 11.9 Å². The highest BCUT2D eigenvalue weighted by atomic mass is 16.5. The zero-order valence-corrected chi connectivity index (χ0v) is 11.2. The molecular weight excluding hydrogens is 274 g/mol. The fourth-order valence-electron chi connectivity index (χ4n) is 2.31. The van der Waals surface area contributed by atoms with Crippen LogP contribution in [-0.4, -0.2) is 24.5 Å². The summed E-state index contributed by atoms with van der Waals surface area (Å²) in [5.74, 6) is -1.80. The van der Waals surface area contributed by atoms with Crippen molar-refractivity contribution in [1.29, 1.82) is 0 Å². The molecular formula is C15H11NO5. The van der Waals surface area contributed by atoms with Gasteiger partial charge < -0.3 is 9.47 Å². The van der Waals surface area contributed by atoms with Crippen LogP contribution in [0.3, 0.4) is 0 Å². The first kappa shape index (κ1) is 13.2. The number of ether oxygens (including phenoxy) is 2. The van der Waals surface area contributed by atoms with Gasteiger partial charge in [0, 0.05) is 5.22 Å². The highest BCUT2D eigenvalue weighted by Gasteiger charge is 2.35. The second-order valence-corrected chi connectivity index (χ2v) is 4.49. The lowest BCUT2D eigenvalue weighted by atomic mass is 9.97. The second-order valence-electron chi connectivity index (χ2n) is 4.49. The number of para-hydroxylation sites is 1. The number of hydrogen-bond donors (Lipinski definition) is 0. The fourth-order valence-corrected chi connectivity index (χ4v) is 2.31. The SMILES string of the molecule is CCOC(=O)C1=C2C(=O)N=c3ccccc3=C2OC(=O)C1. The lowest BCUT2D eigenvalue weighted by Crippen LogP contribution is -2.38. The largest absolute Gasteiger partial charge is 0.463 e. The van der Waals surface area contributed by atoms with Crippen LogP contribution in [0.25, 0.3) is 5.76 Å². The van der Waals surface area contributed by atoms with E-state index in [1.807, 2.05) is 0 Å². The van der Waals surface area contributed by atoms with E-state index in [1.54, 1.807) is 31.2 Å². The molecule has 0 atom stereocenters. The molecule has 0 saturated heterocycles. The van der Waals surface area contributed by atoms with Crippen LogP contribution in [0.15, 0.2) is 40.4 Å². The van der Waals surface area contributed by atoms with Crippen LogP contribution in [0.1, 0.15) is 13.3 Å². The number of rotatable bonds is 2. The van der Waals surface area contributed by atoms with Crippen LogP contribution in [0.2, 0.25) is 0 Å². The average Bonchev–Trinajstić information content (AvgIpc) is 2.46. The van der Waals surface area contributed by atoms with Gasteiger partial charge in [-0.2, -0.15) is 0 Å². The first-order valence-corrected chi connectivity index (χ1v) is 6.45. The topological polar surface area (TPSA) is 82.0 Å². The minimum absolute atomic E-state index is 0.00588. The van der Waals surface area contributed by atoms with Crippen molar-refractivity contribution in [3.8, 4) is 0 Å². The Bertz CT molecular complexity index is 819. The van der Waals surface area contributed by atoms with Crippen LogP contribution in [-0.2, 0) is 23.9 Å². The Hall–Kier alpha value is -2.76. The third-order valence-electron chi connectivity index (χ3n) is 3.17. The summed E-state index contributed by atoms with van der Waals surface area (Å²) in [7, 11) is 0. The monoisotopic (exact) mass is 285 g/mol. The van der Waals surface area contributed by atoms with Crippen molar-refractivity contribution in [3.63, 3.8) is 0 Å². The first-order chi connectivity index (χ1) is 10.1. The molecule has 21 heavy (non-hydrogen) atoms. The van der Waals surface area contributed by atoms with E-state index in [1.165, 1.54) is 0 Å². The summed E-state index contributed by atoms with van der Waals surface area (Å²) < 4.78 is 10.1. The number of esters is 2. The molecule has 0 spiro atoms. The summed E-state index contributed by atoms with van der Waals surface area (Å²) in [6, 6.07) is 6.79. The van der Waals surface area contributed by atoms with Crippen molar-refractivity contribution in [3.05, 3.63) is 46.0 Å². The summed E-state index contributed by atoms with van der Waals surface area (Å²) >= 11 is 0. The molecule has 0 saturated carbocycles. The van der Waals surface area contributed by atoms with Crippen molar-refractivity contribution in [1.82, 2.24) is 0 Å². The second kappa shape index (κ2) is 4.97. The molecule has 1 aromatic carbocycles. The number of benzene rings is 1. The van der Waals surface area contributed by atoms with Crippen molar-refractivity contribution in [2.24, 2.45) is 4.99 Å². The van der Waals surface area contributed by atoms with E-state index in [0.29, 0.717) is 10.6 Å². The number of amides is 1. The molecule has 0 unspecified atom stereocenters. The third-order valence-corrected chi connectivity index (χ3v) is 3.17. The molecule has 2 heterocycles. The Morgan fingerprint density at radius 1 is 1.33 bits per heavy atom. The molecule has 3 rings (SSSR count). The Kier molecular flexibility index (Phi) is 3.13. The third kappa shape index (κ3) is 2.14. The van der Waals surface area contributed by atoms with Gasteiger partial charge in [0.05, 0.1) is 29.5 Å². The smallest absolute Gasteiger partial charge is 0.335 e. The van der Waals surface area contributed by atoms with Crippen LogP contribution in [0, 0.1) is 0 Å². The van der Waals surface area contributed by atoms with Crippen LogP contribution >= 0.6 is 0 Å². The van der Waals surface area contributed by atoms with Crippen molar-refractivity contribution in [2.75, 3.05) is 6.61 Å². The normalized spacial score (nSPS) is 16.7. The molecule has 2 aliphatic heterocycles. The minimum Gasteiger partial charge on any atom is -0.463 e. The zero-order chi connectivity index (χ0) is 15.0. The van der Waals surface area contributed by atoms with Crippen molar-refractivity contribution >= 4 is 23.6 Å². The van der Waals surface area contributed by atoms with E-state index in [9.17, 15) is 14.4 Å². The van der Waals surface area contributed by atoms with Gasteiger partial charge in [-0.3, -0.25) is 9.59 Å². The molecule has 0 radical (unpaired) electrons. The minimum atomic E-state index is -0.690. The Labute approximate surface area is 119 Å². The molecule has 0 fully saturated rings. The fraction of sp³-hybridized carbons (Fsp3) is 0.200. The summed E-state index contributed by atoms with van der Waals surface area (Å²) in [4.78, 5) is 39.8. The van der Waals surface area contributed by atoms with Gasteiger partial charge in [-0.15, -0.1) is 0 Å². The molecule has 0 aliphatic carbocycles. The zero-order valence-electron chi connectivity index (χ0n) is 11.2. The molecule has 6 heteroatoms. The lowest BCUT2D eigenvalue weighted by Gasteiger charge is -2.21. The molecule has 0 bridgehead atoms. The van der Waals surface area contributed by atoms with Gasteiger partial charge in [0.25, 0.3) is 5.91 Å². The maximum absolute atomic E-state index is 12.2. The van der Waals surface area contributed by atoms with Crippen LogP contribution in [0.4, 0.5) is 0 Å². The molecule has 6 nitrogen and oxygen atoms in total. The molecule has 0 aromatic heterocycles. The van der Waals surface area contributed by atoms with Gasteiger partial charge in [-0.05, 0) is 19.1 Å². The number of carbonyl (C=O) groups is 3. The lowest BCUT2D eigenvalue weighted by molar-refractivity contribution is -0.143. The summed E-state index contributed by atoms with van der Waals surface area (Å²) in [6.45, 7) is 1.80. The van der Waals surface area contributed by atoms with Gasteiger partial charge in [-0.25, -0.2) is 9.79 Å². The van der Waals surface area contributed by atoms with Crippen molar-refractivity contribution in [2.45, 2.75) is 13.3 Å². The predicted octanol–water partition coefficient (Wildman–Crippen LogP) is -0.239. The van der Waals surface area contributed by atoms with E-state index in [-0.39, 0.29) is 29.9 Å². The predicted molar refractivity (Wildman–Crippen MR) is 70.0 cm³/mol. The summed E-state index contributed by atoms with van der Waals surface area (Å²) in [6.07, 6.45) is -0.291. The van der Waals surface area contributed by atoms with E-state index >= 15 is 0 Å². The molecule has 1 aromatic rings. The van der Waals surface area contributed by atoms with Gasteiger partial charge in [0.1, 0.15) is 0 Å². The number of hydrogen-bond acceptors (Lipinski definition) is 5. The Morgan fingerprint density at radius 3 is 2.86 bits per heavy atom. The quantitative estimate of drug-likeness (QED) is 0.700. The van der Waals surface area contributed by atoms with E-state index < -0.39 is 17.8 Å². The number of carbonyl (C=O) groups excluding carboxylic acids is 3. The molecule has 106 valence electrons. The first-order valence-electron chi connectivity index (χ1n) is 6.45. The number of nitrogens with zero attached hydrogens (tertiary/aromatic N) is 1. The average molecular weight is 285 g/mol. The summed E-state index contributed by atoms with van der Waals surface area (Å²) in [5, 5.41) is 0.932. The van der Waals surface area contributed by atoms with Gasteiger partial charge in [0.2, 0.25) is 0 Å². The Morgan fingerprint density at radius 2 is 2.10 bits per heavy atom. The van der Waals surface area contributed by atoms with Gasteiger partial charge in [-0.1, -0.05) is 12.1 Å². The van der Waals surface area contributed by atoms with Crippen LogP contribution < -0.4 is 10.6 Å². The number of fused-ring (bicyclic) bond motifs is 2. The molecule has 1 amide bonds. The standard InChI is InChI=1S/C15H11NO5/c1-2-20-15(19)9-7-11(17)21-13-8-5-3-4-6-10(8)16-14(18)12(9)13/h3-6H,2,7H2,1H3. The maximum atomic E-state index is 12.2. The van der Waals surface area contributed by atoms with Crippen molar-refractivity contribution < 1.29 is 23.9 Å². The summed E-state index contributed by atoms with van der Waals surface area (Å²) in [5.41, 5.74) is 0.0260. The molecule has 0 N–H and O–H groups in total. The van der Waals surface area contributed by atoms with Crippen LogP contribution in [0.5, 0.6) is 0 Å². The maximum Gasteiger partial charge on any atom is 0.335 e. The van der Waals surface area contributed by atoms with E-state index in [4.69, 9.17) is 9.47 Å². The van der Waals surface area contributed by atoms with E-state index in [0.717, 1.165) is 0 Å². The molecule has 2 aliphatic rings. The Balaban J connectivity index is 2.32. The highest BCUT2D eigenvalue weighted by Crippen LogP contribution is 2.28. The highest BCUT2D eigenvalue weighted by molar-refractivity contribution is 6.15. The van der Waals surface area contributed by atoms with E-state index in [2.05, 4.69) is 4.99 Å². The van der Waals surface area contributed by atoms with Gasteiger partial charge in [0.15, 0.2) is 5.76 Å².